The lowest BCUT2D eigenvalue weighted by Crippen LogP contribution is -2.39. The third kappa shape index (κ3) is 4.30. The standard InChI is InChI=1S/C21H21F3N2O2/c1-14(19-13-16-8-4-6-10-18(16)28-19)26(2)20(27)25-12-11-15-7-3-5-9-17(15)21(22,23)24/h3-10,13-14H,11-12H2,1-2H3,(H,25,27). The lowest BCUT2D eigenvalue weighted by molar-refractivity contribution is -0.138. The second-order valence-electron chi connectivity index (χ2n) is 6.61. The highest BCUT2D eigenvalue weighted by molar-refractivity contribution is 5.78. The van der Waals surface area contributed by atoms with E-state index in [2.05, 4.69) is 5.32 Å². The van der Waals surface area contributed by atoms with Crippen molar-refractivity contribution in [3.05, 3.63) is 71.5 Å². The quantitative estimate of drug-likeness (QED) is 0.634. The molecule has 1 N–H and O–H groups in total. The molecule has 0 fully saturated rings. The van der Waals surface area contributed by atoms with Crippen LogP contribution in [0.25, 0.3) is 11.0 Å². The van der Waals surface area contributed by atoms with Gasteiger partial charge in [0.2, 0.25) is 0 Å². The van der Waals surface area contributed by atoms with Crippen LogP contribution in [0.15, 0.2) is 59.0 Å². The molecule has 1 atom stereocenters. The molecule has 0 saturated carbocycles. The summed E-state index contributed by atoms with van der Waals surface area (Å²) in [5, 5.41) is 3.62. The number of carbonyl (C=O) groups is 1. The molecular weight excluding hydrogens is 369 g/mol. The monoisotopic (exact) mass is 390 g/mol. The van der Waals surface area contributed by atoms with Gasteiger partial charge in [-0.1, -0.05) is 36.4 Å². The van der Waals surface area contributed by atoms with Crippen molar-refractivity contribution in [2.45, 2.75) is 25.6 Å². The van der Waals surface area contributed by atoms with Gasteiger partial charge in [-0.2, -0.15) is 13.2 Å². The first kappa shape index (κ1) is 19.8. The van der Waals surface area contributed by atoms with E-state index in [9.17, 15) is 18.0 Å². The normalized spacial score (nSPS) is 12.8. The van der Waals surface area contributed by atoms with Gasteiger partial charge < -0.3 is 14.6 Å². The maximum atomic E-state index is 13.0. The molecule has 0 saturated heterocycles. The molecule has 7 heteroatoms. The molecule has 0 bridgehead atoms. The van der Waals surface area contributed by atoms with E-state index in [1.165, 1.54) is 17.0 Å². The van der Waals surface area contributed by atoms with Crippen LogP contribution in [0.4, 0.5) is 18.0 Å². The lowest BCUT2D eigenvalue weighted by Gasteiger charge is -2.23. The predicted octanol–water partition coefficient (Wildman–Crippen LogP) is 5.40. The number of benzene rings is 2. The molecule has 0 aliphatic carbocycles. The van der Waals surface area contributed by atoms with Crippen molar-refractivity contribution in [2.75, 3.05) is 13.6 Å². The second kappa shape index (κ2) is 7.96. The van der Waals surface area contributed by atoms with E-state index in [0.717, 1.165) is 17.0 Å². The van der Waals surface area contributed by atoms with Crippen LogP contribution >= 0.6 is 0 Å². The van der Waals surface area contributed by atoms with E-state index in [1.807, 2.05) is 37.3 Å². The first-order chi connectivity index (χ1) is 13.3. The molecule has 2 amide bonds. The van der Waals surface area contributed by atoms with Crippen molar-refractivity contribution in [3.8, 4) is 0 Å². The van der Waals surface area contributed by atoms with Gasteiger partial charge in [-0.25, -0.2) is 4.79 Å². The largest absolute Gasteiger partial charge is 0.459 e. The number of amides is 2. The summed E-state index contributed by atoms with van der Waals surface area (Å²) in [5.41, 5.74) is 0.221. The van der Waals surface area contributed by atoms with Crippen molar-refractivity contribution in [1.29, 1.82) is 0 Å². The van der Waals surface area contributed by atoms with Crippen molar-refractivity contribution in [1.82, 2.24) is 10.2 Å². The van der Waals surface area contributed by atoms with E-state index in [4.69, 9.17) is 4.42 Å². The van der Waals surface area contributed by atoms with Crippen LogP contribution < -0.4 is 5.32 Å². The SMILES string of the molecule is CC(c1cc2ccccc2o1)N(C)C(=O)NCCc1ccccc1C(F)(F)F. The molecular formula is C21H21F3N2O2. The molecule has 4 nitrogen and oxygen atoms in total. The fourth-order valence-electron chi connectivity index (χ4n) is 3.02. The van der Waals surface area contributed by atoms with Gasteiger partial charge in [0.25, 0.3) is 0 Å². The van der Waals surface area contributed by atoms with Crippen LogP contribution in [0, 0.1) is 0 Å². The van der Waals surface area contributed by atoms with E-state index in [1.54, 1.807) is 13.1 Å². The minimum Gasteiger partial charge on any atom is -0.459 e. The number of nitrogens with zero attached hydrogens (tertiary/aromatic N) is 1. The highest BCUT2D eigenvalue weighted by Gasteiger charge is 2.32. The molecule has 1 unspecified atom stereocenters. The Balaban J connectivity index is 1.60. The van der Waals surface area contributed by atoms with Crippen molar-refractivity contribution >= 4 is 17.0 Å². The van der Waals surface area contributed by atoms with Crippen LogP contribution in [0.3, 0.4) is 0 Å². The number of halogens is 3. The summed E-state index contributed by atoms with van der Waals surface area (Å²) in [5.74, 6) is 0.640. The number of hydrogen-bond donors (Lipinski definition) is 1. The van der Waals surface area contributed by atoms with Gasteiger partial charge in [-0.15, -0.1) is 0 Å². The highest BCUT2D eigenvalue weighted by Crippen LogP contribution is 2.32. The van der Waals surface area contributed by atoms with E-state index < -0.39 is 11.7 Å². The number of hydrogen-bond acceptors (Lipinski definition) is 2. The Labute approximate surface area is 160 Å². The summed E-state index contributed by atoms with van der Waals surface area (Å²) in [6, 6.07) is 14.1. The fourth-order valence-corrected chi connectivity index (χ4v) is 3.02. The van der Waals surface area contributed by atoms with E-state index in [0.29, 0.717) is 5.76 Å². The predicted molar refractivity (Wildman–Crippen MR) is 101 cm³/mol. The molecule has 0 radical (unpaired) electrons. The smallest absolute Gasteiger partial charge is 0.416 e. The molecule has 0 aliphatic heterocycles. The van der Waals surface area contributed by atoms with Crippen molar-refractivity contribution in [3.63, 3.8) is 0 Å². The van der Waals surface area contributed by atoms with Gasteiger partial charge in [-0.3, -0.25) is 0 Å². The van der Waals surface area contributed by atoms with Crippen LogP contribution in [0.1, 0.15) is 29.9 Å². The lowest BCUT2D eigenvalue weighted by atomic mass is 10.0. The zero-order chi connectivity index (χ0) is 20.3. The molecule has 0 spiro atoms. The molecule has 148 valence electrons. The Hall–Kier alpha value is -2.96. The molecule has 3 aromatic rings. The maximum absolute atomic E-state index is 13.0. The van der Waals surface area contributed by atoms with Gasteiger partial charge in [0.1, 0.15) is 11.3 Å². The van der Waals surface area contributed by atoms with Crippen LogP contribution in [0.5, 0.6) is 0 Å². The molecule has 1 aromatic heterocycles. The van der Waals surface area contributed by atoms with Gasteiger partial charge >= 0.3 is 12.2 Å². The molecule has 2 aromatic carbocycles. The zero-order valence-corrected chi connectivity index (χ0v) is 15.6. The number of para-hydroxylation sites is 1. The van der Waals surface area contributed by atoms with Gasteiger partial charge in [0, 0.05) is 19.0 Å². The average molecular weight is 390 g/mol. The summed E-state index contributed by atoms with van der Waals surface area (Å²) in [4.78, 5) is 13.9. The number of rotatable bonds is 5. The first-order valence-electron chi connectivity index (χ1n) is 8.91. The third-order valence-corrected chi connectivity index (χ3v) is 4.75. The van der Waals surface area contributed by atoms with Crippen LogP contribution in [-0.2, 0) is 12.6 Å². The minimum atomic E-state index is -4.41. The number of furan rings is 1. The zero-order valence-electron chi connectivity index (χ0n) is 15.6. The minimum absolute atomic E-state index is 0.0915. The third-order valence-electron chi connectivity index (χ3n) is 4.75. The Morgan fingerprint density at radius 2 is 1.82 bits per heavy atom. The second-order valence-corrected chi connectivity index (χ2v) is 6.61. The van der Waals surface area contributed by atoms with Crippen LogP contribution in [0.2, 0.25) is 0 Å². The number of urea groups is 1. The summed E-state index contributed by atoms with van der Waals surface area (Å²) < 4.78 is 44.9. The summed E-state index contributed by atoms with van der Waals surface area (Å²) in [7, 11) is 1.62. The molecule has 1 heterocycles. The molecule has 0 aliphatic rings. The van der Waals surface area contributed by atoms with E-state index >= 15 is 0 Å². The summed E-state index contributed by atoms with van der Waals surface area (Å²) in [6.45, 7) is 1.93. The van der Waals surface area contributed by atoms with Crippen LogP contribution in [-0.4, -0.2) is 24.5 Å². The molecule has 3 rings (SSSR count). The Bertz CT molecular complexity index is 932. The van der Waals surface area contributed by atoms with Gasteiger partial charge in [0.05, 0.1) is 11.6 Å². The highest BCUT2D eigenvalue weighted by atomic mass is 19.4. The Morgan fingerprint density at radius 3 is 2.54 bits per heavy atom. The fraction of sp³-hybridized carbons (Fsp3) is 0.286. The maximum Gasteiger partial charge on any atom is 0.416 e. The van der Waals surface area contributed by atoms with Crippen molar-refractivity contribution < 1.29 is 22.4 Å². The molecule has 28 heavy (non-hydrogen) atoms. The van der Waals surface area contributed by atoms with E-state index in [-0.39, 0.29) is 30.6 Å². The number of nitrogens with one attached hydrogen (secondary N) is 1. The Kier molecular flexibility index (Phi) is 5.63. The number of carbonyl (C=O) groups excluding carboxylic acids is 1. The Morgan fingerprint density at radius 1 is 1.14 bits per heavy atom. The topological polar surface area (TPSA) is 45.5 Å². The first-order valence-corrected chi connectivity index (χ1v) is 8.91. The van der Waals surface area contributed by atoms with Crippen molar-refractivity contribution in [2.24, 2.45) is 0 Å². The van der Waals surface area contributed by atoms with Gasteiger partial charge in [-0.05, 0) is 37.1 Å². The number of fused-ring (bicyclic) bond motifs is 1. The summed E-state index contributed by atoms with van der Waals surface area (Å²) >= 11 is 0. The average Bonchev–Trinajstić information content (AvgIpc) is 3.10. The summed E-state index contributed by atoms with van der Waals surface area (Å²) in [6.07, 6.45) is -4.32. The van der Waals surface area contributed by atoms with Gasteiger partial charge in [0.15, 0.2) is 0 Å². The number of alkyl halides is 3.